The Morgan fingerprint density at radius 1 is 1.26 bits per heavy atom. The van der Waals surface area contributed by atoms with E-state index in [0.717, 1.165) is 11.7 Å². The van der Waals surface area contributed by atoms with Gasteiger partial charge in [-0.2, -0.15) is 0 Å². The topological polar surface area (TPSA) is 34.1 Å². The number of pyridine rings is 1. The van der Waals surface area contributed by atoms with Crippen LogP contribution in [0.4, 0.5) is 0 Å². The van der Waals surface area contributed by atoms with Gasteiger partial charge in [-0.1, -0.05) is 0 Å². The first kappa shape index (κ1) is 12.9. The van der Waals surface area contributed by atoms with Gasteiger partial charge in [-0.25, -0.2) is 0 Å². The lowest BCUT2D eigenvalue weighted by Crippen LogP contribution is -2.45. The van der Waals surface area contributed by atoms with Crippen LogP contribution in [0.5, 0.6) is 5.75 Å². The summed E-state index contributed by atoms with van der Waals surface area (Å²) in [5, 5.41) is 3.69. The second-order valence-electron chi connectivity index (χ2n) is 6.26. The third-order valence-corrected chi connectivity index (χ3v) is 4.45. The van der Waals surface area contributed by atoms with Gasteiger partial charge in [0.15, 0.2) is 0 Å². The highest BCUT2D eigenvalue weighted by molar-refractivity contribution is 5.28. The van der Waals surface area contributed by atoms with Gasteiger partial charge in [0.1, 0.15) is 5.75 Å². The van der Waals surface area contributed by atoms with Crippen LogP contribution < -0.4 is 10.1 Å². The van der Waals surface area contributed by atoms with E-state index in [-0.39, 0.29) is 6.10 Å². The molecular formula is C16H24N2O. The minimum Gasteiger partial charge on any atom is -0.489 e. The van der Waals surface area contributed by atoms with Crippen molar-refractivity contribution < 1.29 is 4.74 Å². The van der Waals surface area contributed by atoms with Crippen LogP contribution in [0, 0.1) is 5.92 Å². The Balaban J connectivity index is 1.77. The molecule has 1 N–H and O–H groups in total. The lowest BCUT2D eigenvalue weighted by atomic mass is 9.72. The van der Waals surface area contributed by atoms with Gasteiger partial charge in [0, 0.05) is 18.2 Å². The predicted molar refractivity (Wildman–Crippen MR) is 76.5 cm³/mol. The molecule has 3 atom stereocenters. The fraction of sp³-hybridized carbons (Fsp3) is 0.688. The van der Waals surface area contributed by atoms with Gasteiger partial charge in [-0.05, 0) is 63.6 Å². The second kappa shape index (κ2) is 5.49. The standard InChI is InChI=1S/C16H24N2O/c1-11(2)19-14-8-13(9-17-10-14)15-4-3-12-5-6-18-16(15)7-12/h8-12,15-16,18H,3-7H2,1-2H3. The molecule has 2 heterocycles. The van der Waals surface area contributed by atoms with Gasteiger partial charge in [0.25, 0.3) is 0 Å². The minimum absolute atomic E-state index is 0.209. The van der Waals surface area contributed by atoms with Crippen molar-refractivity contribution in [3.8, 4) is 5.75 Å². The molecular weight excluding hydrogens is 236 g/mol. The molecule has 0 spiro atoms. The normalized spacial score (nSPS) is 30.4. The Labute approximate surface area is 115 Å². The number of rotatable bonds is 3. The largest absolute Gasteiger partial charge is 0.489 e. The quantitative estimate of drug-likeness (QED) is 0.906. The summed E-state index contributed by atoms with van der Waals surface area (Å²) in [6, 6.07) is 2.83. The minimum atomic E-state index is 0.209. The Bertz CT molecular complexity index is 433. The maximum Gasteiger partial charge on any atom is 0.138 e. The first-order valence-corrected chi connectivity index (χ1v) is 7.57. The summed E-state index contributed by atoms with van der Waals surface area (Å²) >= 11 is 0. The summed E-state index contributed by atoms with van der Waals surface area (Å²) in [5.74, 6) is 2.47. The monoisotopic (exact) mass is 260 g/mol. The fourth-order valence-electron chi connectivity index (χ4n) is 3.59. The molecule has 3 rings (SSSR count). The predicted octanol–water partition coefficient (Wildman–Crippen LogP) is 3.11. The van der Waals surface area contributed by atoms with Crippen LogP contribution in [-0.2, 0) is 0 Å². The van der Waals surface area contributed by atoms with Crippen molar-refractivity contribution in [3.63, 3.8) is 0 Å². The number of hydrogen-bond acceptors (Lipinski definition) is 3. The molecule has 1 aromatic heterocycles. The van der Waals surface area contributed by atoms with Crippen LogP contribution in [0.25, 0.3) is 0 Å². The Morgan fingerprint density at radius 3 is 3.00 bits per heavy atom. The molecule has 3 nitrogen and oxygen atoms in total. The Hall–Kier alpha value is -1.09. The zero-order chi connectivity index (χ0) is 13.2. The molecule has 0 amide bonds. The van der Waals surface area contributed by atoms with Gasteiger partial charge in [0.2, 0.25) is 0 Å². The second-order valence-corrected chi connectivity index (χ2v) is 6.26. The molecule has 3 unspecified atom stereocenters. The van der Waals surface area contributed by atoms with E-state index in [1.807, 2.05) is 12.4 Å². The molecule has 1 aliphatic carbocycles. The van der Waals surface area contributed by atoms with Gasteiger partial charge in [-0.3, -0.25) is 4.98 Å². The summed E-state index contributed by atoms with van der Waals surface area (Å²) in [5.41, 5.74) is 1.34. The van der Waals surface area contributed by atoms with Crippen molar-refractivity contribution in [2.45, 2.75) is 57.6 Å². The molecule has 2 aliphatic rings. The third-order valence-electron chi connectivity index (χ3n) is 4.45. The molecule has 0 aromatic carbocycles. The highest BCUT2D eigenvalue weighted by Gasteiger charge is 2.34. The maximum atomic E-state index is 5.77. The van der Waals surface area contributed by atoms with E-state index in [0.29, 0.717) is 12.0 Å². The number of piperidine rings is 1. The summed E-state index contributed by atoms with van der Waals surface area (Å²) in [6.07, 6.45) is 9.41. The van der Waals surface area contributed by atoms with Crippen molar-refractivity contribution in [2.24, 2.45) is 5.92 Å². The highest BCUT2D eigenvalue weighted by Crippen LogP contribution is 2.39. The van der Waals surface area contributed by atoms with Gasteiger partial charge in [-0.15, -0.1) is 0 Å². The molecule has 19 heavy (non-hydrogen) atoms. The molecule has 2 bridgehead atoms. The van der Waals surface area contributed by atoms with Crippen molar-refractivity contribution >= 4 is 0 Å². The number of nitrogens with one attached hydrogen (secondary N) is 1. The van der Waals surface area contributed by atoms with Crippen LogP contribution in [0.2, 0.25) is 0 Å². The number of nitrogens with zero attached hydrogens (tertiary/aromatic N) is 1. The van der Waals surface area contributed by atoms with Crippen molar-refractivity contribution in [1.29, 1.82) is 0 Å². The molecule has 1 saturated heterocycles. The zero-order valence-corrected chi connectivity index (χ0v) is 11.9. The number of hydrogen-bond donors (Lipinski definition) is 1. The van der Waals surface area contributed by atoms with Crippen molar-refractivity contribution in [2.75, 3.05) is 6.54 Å². The molecule has 0 radical (unpaired) electrons. The summed E-state index contributed by atoms with van der Waals surface area (Å²) in [6.45, 7) is 5.29. The summed E-state index contributed by atoms with van der Waals surface area (Å²) < 4.78 is 5.77. The molecule has 104 valence electrons. The van der Waals surface area contributed by atoms with E-state index in [4.69, 9.17) is 4.74 Å². The number of fused-ring (bicyclic) bond motifs is 2. The molecule has 1 aromatic rings. The van der Waals surface area contributed by atoms with E-state index in [1.165, 1.54) is 37.8 Å². The van der Waals surface area contributed by atoms with Crippen molar-refractivity contribution in [1.82, 2.24) is 10.3 Å². The van der Waals surface area contributed by atoms with Crippen LogP contribution in [-0.4, -0.2) is 23.7 Å². The smallest absolute Gasteiger partial charge is 0.138 e. The molecule has 1 aliphatic heterocycles. The van der Waals surface area contributed by atoms with E-state index in [9.17, 15) is 0 Å². The van der Waals surface area contributed by atoms with Crippen LogP contribution in [0.1, 0.15) is 51.0 Å². The van der Waals surface area contributed by atoms with E-state index >= 15 is 0 Å². The van der Waals surface area contributed by atoms with E-state index < -0.39 is 0 Å². The maximum absolute atomic E-state index is 5.77. The first-order chi connectivity index (χ1) is 9.22. The van der Waals surface area contributed by atoms with Crippen LogP contribution in [0.15, 0.2) is 18.5 Å². The lowest BCUT2D eigenvalue weighted by Gasteiger charge is -2.41. The average molecular weight is 260 g/mol. The average Bonchev–Trinajstić information content (AvgIpc) is 2.39. The fourth-order valence-corrected chi connectivity index (χ4v) is 3.59. The first-order valence-electron chi connectivity index (χ1n) is 7.57. The zero-order valence-electron chi connectivity index (χ0n) is 11.9. The van der Waals surface area contributed by atoms with Gasteiger partial charge >= 0.3 is 0 Å². The lowest BCUT2D eigenvalue weighted by molar-refractivity contribution is 0.197. The Kier molecular flexibility index (Phi) is 3.74. The Morgan fingerprint density at radius 2 is 2.16 bits per heavy atom. The van der Waals surface area contributed by atoms with Crippen LogP contribution >= 0.6 is 0 Å². The van der Waals surface area contributed by atoms with Crippen LogP contribution in [0.3, 0.4) is 0 Å². The molecule has 3 heteroatoms. The number of ether oxygens (including phenoxy) is 1. The number of aromatic nitrogens is 1. The SMILES string of the molecule is CC(C)Oc1cncc(C2CCC3CCNC2C3)c1. The van der Waals surface area contributed by atoms with Gasteiger partial charge < -0.3 is 10.1 Å². The van der Waals surface area contributed by atoms with Crippen molar-refractivity contribution in [3.05, 3.63) is 24.0 Å². The summed E-state index contributed by atoms with van der Waals surface area (Å²) in [4.78, 5) is 4.37. The van der Waals surface area contributed by atoms with Gasteiger partial charge in [0.05, 0.1) is 12.3 Å². The van der Waals surface area contributed by atoms with E-state index in [1.54, 1.807) is 0 Å². The molecule has 2 fully saturated rings. The summed E-state index contributed by atoms with van der Waals surface area (Å²) in [7, 11) is 0. The van der Waals surface area contributed by atoms with E-state index in [2.05, 4.69) is 30.2 Å². The third kappa shape index (κ3) is 2.92. The molecule has 1 saturated carbocycles. The highest BCUT2D eigenvalue weighted by atomic mass is 16.5.